The summed E-state index contributed by atoms with van der Waals surface area (Å²) in [5, 5.41) is 1.99. The molecule has 0 saturated carbocycles. The van der Waals surface area contributed by atoms with Crippen molar-refractivity contribution in [3.63, 3.8) is 0 Å². The van der Waals surface area contributed by atoms with Gasteiger partial charge in [0.25, 0.3) is 0 Å². The minimum Gasteiger partial charge on any atom is -0.544 e. The van der Waals surface area contributed by atoms with Gasteiger partial charge >= 0.3 is 0 Å². The maximum absolute atomic E-state index is 6.37. The Labute approximate surface area is 156 Å². The van der Waals surface area contributed by atoms with E-state index in [2.05, 4.69) is 63.1 Å². The summed E-state index contributed by atoms with van der Waals surface area (Å²) in [6, 6.07) is 16.2. The van der Waals surface area contributed by atoms with Gasteiger partial charge in [0.1, 0.15) is 5.75 Å². The molecule has 0 spiro atoms. The Hall–Kier alpha value is -1.84. The van der Waals surface area contributed by atoms with Crippen LogP contribution in [0.3, 0.4) is 0 Å². The Morgan fingerprint density at radius 2 is 1.64 bits per heavy atom. The van der Waals surface area contributed by atoms with Crippen molar-refractivity contribution in [1.82, 2.24) is 4.98 Å². The van der Waals surface area contributed by atoms with Crippen molar-refractivity contribution in [2.24, 2.45) is 0 Å². The maximum Gasteiger partial charge on any atom is 0.250 e. The van der Waals surface area contributed by atoms with Gasteiger partial charge in [-0.3, -0.25) is 4.98 Å². The van der Waals surface area contributed by atoms with Crippen molar-refractivity contribution in [1.29, 1.82) is 0 Å². The third kappa shape index (κ3) is 3.73. The molecule has 0 radical (unpaired) electrons. The van der Waals surface area contributed by atoms with Gasteiger partial charge in [0.15, 0.2) is 0 Å². The highest BCUT2D eigenvalue weighted by Gasteiger charge is 2.38. The van der Waals surface area contributed by atoms with E-state index in [1.807, 2.05) is 30.5 Å². The van der Waals surface area contributed by atoms with Crippen LogP contribution in [0.5, 0.6) is 5.75 Å². The fourth-order valence-electron chi connectivity index (χ4n) is 2.52. The van der Waals surface area contributed by atoms with Gasteiger partial charge in [-0.1, -0.05) is 50.6 Å². The van der Waals surface area contributed by atoms with E-state index in [0.29, 0.717) is 5.02 Å². The SMILES string of the molecule is CC(C)(C)[Si](C)(C)Oc1ccc(-c2ccnc3cc(Cl)ccc23)cc1. The molecule has 1 heterocycles. The van der Waals surface area contributed by atoms with Crippen LogP contribution in [0.2, 0.25) is 23.2 Å². The predicted octanol–water partition coefficient (Wildman–Crippen LogP) is 6.94. The number of hydrogen-bond donors (Lipinski definition) is 0. The van der Waals surface area contributed by atoms with E-state index in [4.69, 9.17) is 16.0 Å². The largest absolute Gasteiger partial charge is 0.544 e. The molecule has 0 atom stereocenters. The summed E-state index contributed by atoms with van der Waals surface area (Å²) in [7, 11) is -1.82. The number of aromatic nitrogens is 1. The van der Waals surface area contributed by atoms with Gasteiger partial charge in [0.2, 0.25) is 8.32 Å². The summed E-state index contributed by atoms with van der Waals surface area (Å²) >= 11 is 6.08. The fourth-order valence-corrected chi connectivity index (χ4v) is 3.72. The molecule has 3 rings (SSSR count). The van der Waals surface area contributed by atoms with Crippen LogP contribution < -0.4 is 4.43 Å². The summed E-state index contributed by atoms with van der Waals surface area (Å²) in [5.74, 6) is 0.941. The highest BCUT2D eigenvalue weighted by molar-refractivity contribution is 6.74. The first kappa shape index (κ1) is 18.0. The first-order valence-electron chi connectivity index (χ1n) is 8.51. The summed E-state index contributed by atoms with van der Waals surface area (Å²) in [5.41, 5.74) is 3.21. The van der Waals surface area contributed by atoms with Crippen molar-refractivity contribution >= 4 is 30.8 Å². The van der Waals surface area contributed by atoms with Crippen LogP contribution in [0.1, 0.15) is 20.8 Å². The maximum atomic E-state index is 6.37. The Kier molecular flexibility index (Phi) is 4.65. The zero-order valence-electron chi connectivity index (χ0n) is 15.4. The molecule has 0 N–H and O–H groups in total. The van der Waals surface area contributed by atoms with Crippen LogP contribution in [0.25, 0.3) is 22.0 Å². The lowest BCUT2D eigenvalue weighted by molar-refractivity contribution is 0.492. The molecule has 130 valence electrons. The molecule has 4 heteroatoms. The molecule has 0 unspecified atom stereocenters. The second-order valence-corrected chi connectivity index (χ2v) is 13.1. The number of rotatable bonds is 3. The van der Waals surface area contributed by atoms with Crippen molar-refractivity contribution < 1.29 is 4.43 Å². The molecule has 3 aromatic rings. The molecular weight excluding hydrogens is 346 g/mol. The summed E-state index contributed by atoms with van der Waals surface area (Å²) < 4.78 is 6.37. The molecule has 2 aromatic carbocycles. The second kappa shape index (κ2) is 6.47. The summed E-state index contributed by atoms with van der Waals surface area (Å²) in [6.07, 6.45) is 1.83. The monoisotopic (exact) mass is 369 g/mol. The van der Waals surface area contributed by atoms with Crippen LogP contribution in [-0.2, 0) is 0 Å². The van der Waals surface area contributed by atoms with Gasteiger partial charge in [-0.25, -0.2) is 0 Å². The lowest BCUT2D eigenvalue weighted by Gasteiger charge is -2.36. The quantitative estimate of drug-likeness (QED) is 0.466. The second-order valence-electron chi connectivity index (χ2n) is 7.91. The molecule has 0 amide bonds. The molecule has 0 aliphatic carbocycles. The third-order valence-corrected chi connectivity index (χ3v) is 9.64. The van der Waals surface area contributed by atoms with E-state index in [9.17, 15) is 0 Å². The van der Waals surface area contributed by atoms with Crippen LogP contribution in [0.4, 0.5) is 0 Å². The Morgan fingerprint density at radius 3 is 2.28 bits per heavy atom. The lowest BCUT2D eigenvalue weighted by atomic mass is 10.0. The minimum atomic E-state index is -1.82. The Morgan fingerprint density at radius 1 is 0.960 bits per heavy atom. The number of benzene rings is 2. The lowest BCUT2D eigenvalue weighted by Crippen LogP contribution is -2.43. The van der Waals surface area contributed by atoms with Crippen molar-refractivity contribution in [3.8, 4) is 16.9 Å². The fraction of sp³-hybridized carbons (Fsp3) is 0.286. The molecule has 1 aromatic heterocycles. The average molecular weight is 370 g/mol. The van der Waals surface area contributed by atoms with E-state index < -0.39 is 8.32 Å². The zero-order valence-corrected chi connectivity index (χ0v) is 17.2. The van der Waals surface area contributed by atoms with Gasteiger partial charge in [-0.05, 0) is 59.6 Å². The molecular formula is C21H24ClNOSi. The van der Waals surface area contributed by atoms with Crippen LogP contribution >= 0.6 is 11.6 Å². The standard InChI is InChI=1S/C21H24ClNOSi/c1-21(2,3)25(4,5)24-17-9-6-15(7-10-17)18-12-13-23-20-14-16(22)8-11-19(18)20/h6-14H,1-5H3. The number of nitrogens with zero attached hydrogens (tertiary/aromatic N) is 1. The zero-order chi connectivity index (χ0) is 18.2. The number of fused-ring (bicyclic) bond motifs is 1. The van der Waals surface area contributed by atoms with Crippen molar-refractivity contribution in [2.75, 3.05) is 0 Å². The highest BCUT2D eigenvalue weighted by atomic mass is 35.5. The van der Waals surface area contributed by atoms with Crippen molar-refractivity contribution in [2.45, 2.75) is 38.9 Å². The van der Waals surface area contributed by atoms with E-state index in [1.54, 1.807) is 0 Å². The normalized spacial score (nSPS) is 12.4. The van der Waals surface area contributed by atoms with Gasteiger partial charge in [-0.2, -0.15) is 0 Å². The van der Waals surface area contributed by atoms with E-state index in [0.717, 1.165) is 27.8 Å². The van der Waals surface area contributed by atoms with Crippen molar-refractivity contribution in [3.05, 3.63) is 59.8 Å². The third-order valence-electron chi connectivity index (χ3n) is 5.05. The van der Waals surface area contributed by atoms with Crippen LogP contribution in [0.15, 0.2) is 54.7 Å². The average Bonchev–Trinajstić information content (AvgIpc) is 2.53. The first-order chi connectivity index (χ1) is 11.7. The van der Waals surface area contributed by atoms with Gasteiger partial charge in [-0.15, -0.1) is 0 Å². The first-order valence-corrected chi connectivity index (χ1v) is 11.8. The summed E-state index contributed by atoms with van der Waals surface area (Å²) in [4.78, 5) is 4.42. The summed E-state index contributed by atoms with van der Waals surface area (Å²) in [6.45, 7) is 11.3. The smallest absolute Gasteiger partial charge is 0.250 e. The van der Waals surface area contributed by atoms with Gasteiger partial charge < -0.3 is 4.43 Å². The number of hydrogen-bond acceptors (Lipinski definition) is 2. The minimum absolute atomic E-state index is 0.187. The van der Waals surface area contributed by atoms with Gasteiger partial charge in [0, 0.05) is 16.6 Å². The number of pyridine rings is 1. The number of halogens is 1. The molecule has 0 saturated heterocycles. The topological polar surface area (TPSA) is 22.1 Å². The molecule has 25 heavy (non-hydrogen) atoms. The Bertz CT molecular complexity index is 898. The van der Waals surface area contributed by atoms with E-state index in [1.165, 1.54) is 0 Å². The van der Waals surface area contributed by atoms with Crippen LogP contribution in [-0.4, -0.2) is 13.3 Å². The molecule has 2 nitrogen and oxygen atoms in total. The van der Waals surface area contributed by atoms with E-state index in [-0.39, 0.29) is 5.04 Å². The Balaban J connectivity index is 1.94. The van der Waals surface area contributed by atoms with Gasteiger partial charge in [0.05, 0.1) is 5.52 Å². The van der Waals surface area contributed by atoms with Crippen LogP contribution in [0, 0.1) is 0 Å². The molecule has 0 aliphatic heterocycles. The highest BCUT2D eigenvalue weighted by Crippen LogP contribution is 2.38. The predicted molar refractivity (Wildman–Crippen MR) is 110 cm³/mol. The van der Waals surface area contributed by atoms with E-state index >= 15 is 0 Å². The molecule has 0 bridgehead atoms. The molecule has 0 aliphatic rings. The molecule has 0 fully saturated rings.